The lowest BCUT2D eigenvalue weighted by molar-refractivity contribution is -0.314. The number of carbonyl (C=O) groups excluding carboxylic acids is 2. The van der Waals surface area contributed by atoms with E-state index in [0.29, 0.717) is 0 Å². The Labute approximate surface area is 271 Å². The van der Waals surface area contributed by atoms with Crippen LogP contribution in [0, 0.1) is 30.6 Å². The summed E-state index contributed by atoms with van der Waals surface area (Å²) in [6.07, 6.45) is 6.63. The summed E-state index contributed by atoms with van der Waals surface area (Å²) in [4.78, 5) is 33.9. The van der Waals surface area contributed by atoms with Crippen LogP contribution in [0.3, 0.4) is 0 Å². The minimum atomic E-state index is -0.592. The molecule has 0 aromatic carbocycles. The lowest BCUT2D eigenvalue weighted by Crippen LogP contribution is -2.59. The van der Waals surface area contributed by atoms with Crippen molar-refractivity contribution in [2.75, 3.05) is 21.3 Å². The molecule has 0 spiro atoms. The third-order valence-corrected chi connectivity index (χ3v) is 12.4. The number of ether oxygens (including phenoxy) is 6. The van der Waals surface area contributed by atoms with Gasteiger partial charge in [0.05, 0.1) is 29.3 Å². The number of esters is 1. The Morgan fingerprint density at radius 2 is 1.71 bits per heavy atom. The van der Waals surface area contributed by atoms with Gasteiger partial charge in [0.15, 0.2) is 12.1 Å². The average Bonchev–Trinajstić information content (AvgIpc) is 3.72. The van der Waals surface area contributed by atoms with Crippen molar-refractivity contribution < 1.29 is 38.0 Å². The summed E-state index contributed by atoms with van der Waals surface area (Å²) in [5, 5.41) is 1.02. The van der Waals surface area contributed by atoms with Crippen LogP contribution in [0.1, 0.15) is 99.6 Å². The second-order valence-corrected chi connectivity index (χ2v) is 15.1. The molecule has 5 aliphatic rings. The van der Waals surface area contributed by atoms with Gasteiger partial charge in [0, 0.05) is 49.9 Å². The van der Waals surface area contributed by atoms with E-state index in [0.717, 1.165) is 61.2 Å². The topological polar surface area (TPSA) is 102 Å². The van der Waals surface area contributed by atoms with Gasteiger partial charge in [-0.2, -0.15) is 0 Å². The summed E-state index contributed by atoms with van der Waals surface area (Å²) in [5.74, 6) is 0.360. The van der Waals surface area contributed by atoms with E-state index in [2.05, 4.69) is 26.8 Å². The molecule has 0 bridgehead atoms. The predicted molar refractivity (Wildman–Crippen MR) is 169 cm³/mol. The lowest BCUT2D eigenvalue weighted by Gasteiger charge is -2.44. The Hall–Kier alpha value is -1.69. The number of allylic oxidation sites excluding steroid dienone is 2. The molecule has 3 fully saturated rings. The van der Waals surface area contributed by atoms with Gasteiger partial charge in [0.1, 0.15) is 24.4 Å². The van der Waals surface area contributed by atoms with Gasteiger partial charge >= 0.3 is 5.97 Å². The number of fused-ring (bicyclic) bond motifs is 8. The van der Waals surface area contributed by atoms with Crippen molar-refractivity contribution in [2.45, 2.75) is 134 Å². The zero-order valence-electron chi connectivity index (χ0n) is 27.9. The zero-order valence-corrected chi connectivity index (χ0v) is 28.7. The van der Waals surface area contributed by atoms with Crippen LogP contribution in [0.4, 0.5) is 0 Å². The number of nitrogens with zero attached hydrogens (tertiary/aromatic N) is 1. The number of aryl methyl sites for hydroxylation is 1. The molecule has 13 atom stereocenters. The lowest BCUT2D eigenvalue weighted by atomic mass is 9.67. The fraction of sp³-hybridized carbons (Fsp3) is 0.800. The summed E-state index contributed by atoms with van der Waals surface area (Å²) in [6.45, 7) is 8.18. The van der Waals surface area contributed by atoms with Crippen LogP contribution in [0.5, 0.6) is 0 Å². The summed E-state index contributed by atoms with van der Waals surface area (Å²) in [5.41, 5.74) is 1.90. The summed E-state index contributed by atoms with van der Waals surface area (Å²) < 4.78 is 36.5. The van der Waals surface area contributed by atoms with Crippen molar-refractivity contribution in [2.24, 2.45) is 23.7 Å². The molecule has 0 amide bonds. The fourth-order valence-electron chi connectivity index (χ4n) is 9.10. The van der Waals surface area contributed by atoms with Crippen LogP contribution in [-0.4, -0.2) is 81.0 Å². The molecule has 6 rings (SSSR count). The van der Waals surface area contributed by atoms with Crippen LogP contribution in [0.15, 0.2) is 11.6 Å². The highest BCUT2D eigenvalue weighted by molar-refractivity contribution is 7.11. The van der Waals surface area contributed by atoms with Crippen LogP contribution in [0.25, 0.3) is 0 Å². The number of ketones is 1. The Morgan fingerprint density at radius 1 is 0.978 bits per heavy atom. The molecular weight excluding hydrogens is 594 g/mol. The normalized spacial score (nSPS) is 42.0. The van der Waals surface area contributed by atoms with Gasteiger partial charge in [-0.25, -0.2) is 4.98 Å². The molecule has 1 saturated carbocycles. The van der Waals surface area contributed by atoms with Crippen molar-refractivity contribution >= 4 is 23.1 Å². The van der Waals surface area contributed by atoms with Crippen molar-refractivity contribution in [1.82, 2.24) is 4.98 Å². The predicted octanol–water partition coefficient (Wildman–Crippen LogP) is 5.88. The van der Waals surface area contributed by atoms with Gasteiger partial charge in [0.2, 0.25) is 0 Å². The molecule has 1 aromatic heterocycles. The second-order valence-electron chi connectivity index (χ2n) is 13.9. The number of thiazole rings is 1. The summed E-state index contributed by atoms with van der Waals surface area (Å²) in [6, 6.07) is 0. The van der Waals surface area contributed by atoms with Gasteiger partial charge in [-0.1, -0.05) is 26.3 Å². The Kier molecular flexibility index (Phi) is 10.2. The highest BCUT2D eigenvalue weighted by atomic mass is 32.1. The highest BCUT2D eigenvalue weighted by Crippen LogP contribution is 2.62. The third kappa shape index (κ3) is 6.20. The monoisotopic (exact) mass is 645 g/mol. The molecule has 2 saturated heterocycles. The maximum Gasteiger partial charge on any atom is 0.306 e. The second kappa shape index (κ2) is 13.8. The van der Waals surface area contributed by atoms with Crippen molar-refractivity contribution in [3.8, 4) is 0 Å². The summed E-state index contributed by atoms with van der Waals surface area (Å²) >= 11 is 1.76. The Bertz CT molecular complexity index is 1260. The molecular formula is C35H51NO8S. The first-order valence-corrected chi connectivity index (χ1v) is 17.8. The quantitative estimate of drug-likeness (QED) is 0.351. The fourth-order valence-corrected chi connectivity index (χ4v) is 10.3. The van der Waals surface area contributed by atoms with Crippen molar-refractivity contribution in [1.29, 1.82) is 0 Å². The number of cyclic esters (lactones) is 1. The number of rotatable bonds is 6. The molecule has 0 N–H and O–H groups in total. The maximum absolute atomic E-state index is 14.0. The van der Waals surface area contributed by atoms with Crippen LogP contribution in [0.2, 0.25) is 0 Å². The van der Waals surface area contributed by atoms with Gasteiger partial charge in [-0.05, 0) is 69.8 Å². The molecule has 9 nitrogen and oxygen atoms in total. The minimum absolute atomic E-state index is 0.00956. The average molecular weight is 646 g/mol. The van der Waals surface area contributed by atoms with E-state index >= 15 is 0 Å². The maximum atomic E-state index is 14.0. The van der Waals surface area contributed by atoms with E-state index in [4.69, 9.17) is 33.4 Å². The molecule has 45 heavy (non-hydrogen) atoms. The number of methoxy groups -OCH3 is 3. The largest absolute Gasteiger partial charge is 0.462 e. The zero-order chi connectivity index (χ0) is 32.0. The number of hydrogen-bond donors (Lipinski definition) is 0. The van der Waals surface area contributed by atoms with Crippen molar-refractivity contribution in [3.63, 3.8) is 0 Å². The Morgan fingerprint density at radius 3 is 2.42 bits per heavy atom. The van der Waals surface area contributed by atoms with E-state index in [1.165, 1.54) is 4.88 Å². The van der Waals surface area contributed by atoms with Gasteiger partial charge < -0.3 is 28.4 Å². The first kappa shape index (κ1) is 33.2. The molecule has 3 aliphatic carbocycles. The number of carbonyl (C=O) groups is 2. The van der Waals surface area contributed by atoms with E-state index < -0.39 is 12.4 Å². The van der Waals surface area contributed by atoms with E-state index in [1.807, 2.05) is 6.92 Å². The van der Waals surface area contributed by atoms with Gasteiger partial charge in [0.25, 0.3) is 0 Å². The smallest absolute Gasteiger partial charge is 0.306 e. The van der Waals surface area contributed by atoms with Crippen LogP contribution >= 0.6 is 11.3 Å². The molecule has 10 heteroatoms. The molecule has 1 aromatic rings. The van der Waals surface area contributed by atoms with E-state index in [-0.39, 0.29) is 84.2 Å². The molecule has 0 radical (unpaired) electrons. The number of hydrogen-bond acceptors (Lipinski definition) is 10. The van der Waals surface area contributed by atoms with Gasteiger partial charge in [-0.15, -0.1) is 11.3 Å². The van der Waals surface area contributed by atoms with Gasteiger partial charge in [-0.3, -0.25) is 9.59 Å². The van der Waals surface area contributed by atoms with Crippen LogP contribution < -0.4 is 0 Å². The van der Waals surface area contributed by atoms with Crippen LogP contribution in [-0.2, 0) is 38.0 Å². The highest BCUT2D eigenvalue weighted by Gasteiger charge is 2.56. The number of aromatic nitrogens is 1. The van der Waals surface area contributed by atoms with Crippen molar-refractivity contribution in [3.05, 3.63) is 27.2 Å². The number of Topliss-reactive ketones (excluding diaryl/α,β-unsaturated/α-hetero) is 1. The Balaban J connectivity index is 1.30. The molecule has 3 heterocycles. The van der Waals surface area contributed by atoms with E-state index in [9.17, 15) is 9.59 Å². The molecule has 8 unspecified atom stereocenters. The van der Waals surface area contributed by atoms with E-state index in [1.54, 1.807) is 32.7 Å². The summed E-state index contributed by atoms with van der Waals surface area (Å²) in [7, 11) is 4.98. The minimum Gasteiger partial charge on any atom is -0.462 e. The SMILES string of the molecule is CC[C@H]1CCCC[C@@H](C)C(=O)C2=CC3C(c4nc(C)sc4C4C[C@@H](OC5OC(C)C(OC)C(OC)C5OC)C[C@H]43)[C@@H]2CC(=O)O1. The first-order valence-electron chi connectivity index (χ1n) is 17.0. The molecule has 2 aliphatic heterocycles. The third-order valence-electron chi connectivity index (χ3n) is 11.3. The standard InChI is InChI=1S/C35H51NO8S/c1-8-20-12-10-9-11-17(2)30(38)25-15-23-22-13-21(44-35-33(41-7)32(40-6)31(39-5)18(3)42-35)14-26(22)34-29(36-19(4)45-34)28(23)24(25)16-27(37)43-20/h15,17-18,20-24,26,28,31-33,35H,8-14,16H2,1-7H3/t17-,18?,20+,21+,22+,23?,24-,26?,28?,31?,32?,33?,35?/m1/s1. The molecule has 250 valence electrons. The first-order chi connectivity index (χ1) is 21.7.